The Kier molecular flexibility index (Phi) is 8.99. The molecule has 3 aromatic rings. The summed E-state index contributed by atoms with van der Waals surface area (Å²) in [5.41, 5.74) is 2.09. The molecule has 1 aromatic carbocycles. The van der Waals surface area contributed by atoms with Gasteiger partial charge in [-0.25, -0.2) is 4.79 Å². The van der Waals surface area contributed by atoms with Gasteiger partial charge in [0.15, 0.2) is 11.0 Å². The Morgan fingerprint density at radius 3 is 2.62 bits per heavy atom. The molecule has 0 bridgehead atoms. The zero-order valence-electron chi connectivity index (χ0n) is 21.2. The predicted molar refractivity (Wildman–Crippen MR) is 144 cm³/mol. The lowest BCUT2D eigenvalue weighted by Gasteiger charge is -2.15. The van der Waals surface area contributed by atoms with Gasteiger partial charge >= 0.3 is 5.97 Å². The number of amides is 2. The van der Waals surface area contributed by atoms with Crippen molar-refractivity contribution in [3.05, 3.63) is 57.7 Å². The van der Waals surface area contributed by atoms with Crippen LogP contribution < -0.4 is 10.6 Å². The van der Waals surface area contributed by atoms with E-state index in [0.29, 0.717) is 33.7 Å². The number of esters is 1. The number of rotatable bonds is 10. The maximum Gasteiger partial charge on any atom is 0.341 e. The van der Waals surface area contributed by atoms with E-state index in [-0.39, 0.29) is 36.2 Å². The van der Waals surface area contributed by atoms with E-state index < -0.39 is 0 Å². The number of carbonyl (C=O) groups excluding carboxylic acids is 3. The second-order valence-electron chi connectivity index (χ2n) is 8.62. The Bertz CT molecular complexity index is 1270. The zero-order valence-corrected chi connectivity index (χ0v) is 22.8. The number of nitrogens with zero attached hydrogens (tertiary/aromatic N) is 3. The lowest BCUT2D eigenvalue weighted by atomic mass is 9.95. The van der Waals surface area contributed by atoms with Crippen molar-refractivity contribution in [3.63, 3.8) is 0 Å². The molecule has 2 N–H and O–H groups in total. The van der Waals surface area contributed by atoms with Crippen molar-refractivity contribution in [2.45, 2.75) is 64.2 Å². The van der Waals surface area contributed by atoms with Gasteiger partial charge in [0.25, 0.3) is 5.91 Å². The second-order valence-corrected chi connectivity index (χ2v) is 10.7. The molecule has 0 radical (unpaired) electrons. The largest absolute Gasteiger partial charge is 0.462 e. The predicted octanol–water partition coefficient (Wildman–Crippen LogP) is 4.64. The lowest BCUT2D eigenvalue weighted by molar-refractivity contribution is -0.113. The number of nitrogens with one attached hydrogen (secondary N) is 2. The molecule has 0 spiro atoms. The van der Waals surface area contributed by atoms with E-state index in [1.807, 2.05) is 36.6 Å². The summed E-state index contributed by atoms with van der Waals surface area (Å²) < 4.78 is 7.17. The number of aryl methyl sites for hydroxylation is 1. The molecular formula is C26H31N5O4S2. The highest BCUT2D eigenvalue weighted by Crippen LogP contribution is 2.38. The van der Waals surface area contributed by atoms with E-state index in [1.165, 1.54) is 23.1 Å². The standard InChI is InChI=1S/C26H31N5O4S2/c1-4-31-22(16(3)27-23(33)17-11-7-6-8-12-17)29-30-26(31)36-15-20(32)28-24-21(25(34)35-5-2)18-13-9-10-14-19(18)37-24/h6-8,11-12,16H,4-5,9-10,13-15H2,1-3H3,(H,27,33)(H,28,32)/t16-/m1/s1. The number of aromatic nitrogens is 3. The normalized spacial score (nSPS) is 13.5. The molecule has 1 atom stereocenters. The van der Waals surface area contributed by atoms with Gasteiger partial charge in [-0.2, -0.15) is 0 Å². The summed E-state index contributed by atoms with van der Waals surface area (Å²) >= 11 is 2.74. The van der Waals surface area contributed by atoms with E-state index in [1.54, 1.807) is 19.1 Å². The number of carbonyl (C=O) groups is 3. The Hall–Kier alpha value is -3.18. The van der Waals surface area contributed by atoms with Crippen LogP contribution in [0.25, 0.3) is 0 Å². The van der Waals surface area contributed by atoms with Gasteiger partial charge in [-0.05, 0) is 64.2 Å². The third-order valence-electron chi connectivity index (χ3n) is 6.07. The Morgan fingerprint density at radius 2 is 1.89 bits per heavy atom. The molecule has 2 aromatic heterocycles. The van der Waals surface area contributed by atoms with Crippen LogP contribution >= 0.6 is 23.1 Å². The van der Waals surface area contributed by atoms with Crippen molar-refractivity contribution in [1.29, 1.82) is 0 Å². The number of anilines is 1. The highest BCUT2D eigenvalue weighted by atomic mass is 32.2. The second kappa shape index (κ2) is 12.4. The Labute approximate surface area is 224 Å². The average molecular weight is 542 g/mol. The fourth-order valence-corrected chi connectivity index (χ4v) is 6.43. The first-order valence-electron chi connectivity index (χ1n) is 12.5. The Morgan fingerprint density at radius 1 is 1.14 bits per heavy atom. The van der Waals surface area contributed by atoms with Crippen LogP contribution in [0.2, 0.25) is 0 Å². The summed E-state index contributed by atoms with van der Waals surface area (Å²) in [5.74, 6) is -0.0830. The van der Waals surface area contributed by atoms with Crippen LogP contribution in [0.4, 0.5) is 5.00 Å². The van der Waals surface area contributed by atoms with Gasteiger partial charge in [0, 0.05) is 17.0 Å². The van der Waals surface area contributed by atoms with Crippen molar-refractivity contribution in [3.8, 4) is 0 Å². The summed E-state index contributed by atoms with van der Waals surface area (Å²) in [5, 5.41) is 15.6. The number of benzene rings is 1. The molecule has 11 heteroatoms. The van der Waals surface area contributed by atoms with Crippen LogP contribution in [0, 0.1) is 0 Å². The first-order valence-corrected chi connectivity index (χ1v) is 14.3. The monoisotopic (exact) mass is 541 g/mol. The molecule has 2 amide bonds. The van der Waals surface area contributed by atoms with E-state index >= 15 is 0 Å². The summed E-state index contributed by atoms with van der Waals surface area (Å²) in [4.78, 5) is 39.2. The topological polar surface area (TPSA) is 115 Å². The van der Waals surface area contributed by atoms with E-state index in [4.69, 9.17) is 4.74 Å². The number of thiophene rings is 1. The van der Waals surface area contributed by atoms with Gasteiger partial charge in [-0.1, -0.05) is 30.0 Å². The summed E-state index contributed by atoms with van der Waals surface area (Å²) in [7, 11) is 0. The van der Waals surface area contributed by atoms with Crippen LogP contribution in [0.3, 0.4) is 0 Å². The third-order valence-corrected chi connectivity index (χ3v) is 8.24. The van der Waals surface area contributed by atoms with Gasteiger partial charge in [-0.3, -0.25) is 9.59 Å². The van der Waals surface area contributed by atoms with Gasteiger partial charge in [0.05, 0.1) is 24.0 Å². The minimum Gasteiger partial charge on any atom is -0.462 e. The van der Waals surface area contributed by atoms with Crippen LogP contribution in [0.1, 0.15) is 76.6 Å². The lowest BCUT2D eigenvalue weighted by Crippen LogP contribution is -2.28. The van der Waals surface area contributed by atoms with Gasteiger partial charge < -0.3 is 19.9 Å². The number of thioether (sulfide) groups is 1. The zero-order chi connectivity index (χ0) is 26.4. The smallest absolute Gasteiger partial charge is 0.341 e. The quantitative estimate of drug-likeness (QED) is 0.284. The van der Waals surface area contributed by atoms with Crippen molar-refractivity contribution in [2.24, 2.45) is 0 Å². The molecule has 37 heavy (non-hydrogen) atoms. The van der Waals surface area contributed by atoms with Crippen molar-refractivity contribution < 1.29 is 19.1 Å². The van der Waals surface area contributed by atoms with Gasteiger partial charge in [-0.15, -0.1) is 21.5 Å². The fourth-order valence-electron chi connectivity index (χ4n) is 4.32. The summed E-state index contributed by atoms with van der Waals surface area (Å²) in [6.45, 7) is 6.46. The van der Waals surface area contributed by atoms with Crippen LogP contribution in [0.5, 0.6) is 0 Å². The first kappa shape index (κ1) is 26.9. The van der Waals surface area contributed by atoms with Crippen molar-refractivity contribution in [2.75, 3.05) is 17.7 Å². The SMILES string of the molecule is CCOC(=O)c1c(NC(=O)CSc2nnc([C@@H](C)NC(=O)c3ccccc3)n2CC)sc2c1CCCC2. The molecule has 1 aliphatic carbocycles. The third kappa shape index (κ3) is 6.22. The molecule has 0 unspecified atom stereocenters. The highest BCUT2D eigenvalue weighted by Gasteiger charge is 2.27. The molecule has 0 saturated heterocycles. The average Bonchev–Trinajstić information content (AvgIpc) is 3.48. The molecule has 4 rings (SSSR count). The minimum absolute atomic E-state index is 0.105. The van der Waals surface area contributed by atoms with E-state index in [9.17, 15) is 14.4 Å². The first-order chi connectivity index (χ1) is 17.9. The highest BCUT2D eigenvalue weighted by molar-refractivity contribution is 7.99. The molecule has 9 nitrogen and oxygen atoms in total. The number of fused-ring (bicyclic) bond motifs is 1. The van der Waals surface area contributed by atoms with Crippen LogP contribution in [-0.4, -0.2) is 44.9 Å². The summed E-state index contributed by atoms with van der Waals surface area (Å²) in [6, 6.07) is 8.63. The number of ether oxygens (including phenoxy) is 1. The molecule has 0 aliphatic heterocycles. The van der Waals surface area contributed by atoms with E-state index in [2.05, 4.69) is 20.8 Å². The van der Waals surface area contributed by atoms with E-state index in [0.717, 1.165) is 36.1 Å². The maximum atomic E-state index is 12.9. The van der Waals surface area contributed by atoms with Crippen LogP contribution in [-0.2, 0) is 28.9 Å². The molecule has 196 valence electrons. The van der Waals surface area contributed by atoms with Crippen molar-refractivity contribution in [1.82, 2.24) is 20.1 Å². The van der Waals surface area contributed by atoms with Crippen molar-refractivity contribution >= 4 is 45.9 Å². The molecule has 0 saturated carbocycles. The Balaban J connectivity index is 1.42. The number of hydrogen-bond donors (Lipinski definition) is 2. The summed E-state index contributed by atoms with van der Waals surface area (Å²) in [6.07, 6.45) is 3.85. The van der Waals surface area contributed by atoms with Gasteiger partial charge in [0.1, 0.15) is 5.00 Å². The molecular weight excluding hydrogens is 510 g/mol. The minimum atomic E-state index is -0.383. The molecule has 1 aliphatic rings. The van der Waals surface area contributed by atoms with Gasteiger partial charge in [0.2, 0.25) is 5.91 Å². The molecule has 2 heterocycles. The fraction of sp³-hybridized carbons (Fsp3) is 0.423. The van der Waals surface area contributed by atoms with Crippen LogP contribution in [0.15, 0.2) is 35.5 Å². The maximum absolute atomic E-state index is 12.9. The number of hydrogen-bond acceptors (Lipinski definition) is 8. The molecule has 0 fully saturated rings.